The minimum absolute atomic E-state index is 0.698. The van der Waals surface area contributed by atoms with Gasteiger partial charge in [0.15, 0.2) is 0 Å². The molecule has 0 aromatic heterocycles. The molecule has 0 aromatic rings. The lowest BCUT2D eigenvalue weighted by Gasteiger charge is -2.30. The summed E-state index contributed by atoms with van der Waals surface area (Å²) in [6, 6.07) is 1.43. The Labute approximate surface area is 82.7 Å². The fraction of sp³-hybridized carbons (Fsp3) is 1.00. The highest BCUT2D eigenvalue weighted by atomic mass is 15.2. The molecule has 0 saturated carbocycles. The molecule has 2 heteroatoms. The summed E-state index contributed by atoms with van der Waals surface area (Å²) in [6.45, 7) is 12.9. The van der Waals surface area contributed by atoms with Crippen molar-refractivity contribution < 1.29 is 0 Å². The zero-order valence-corrected chi connectivity index (χ0v) is 9.51. The van der Waals surface area contributed by atoms with E-state index in [4.69, 9.17) is 0 Å². The van der Waals surface area contributed by atoms with Crippen LogP contribution >= 0.6 is 0 Å². The van der Waals surface area contributed by atoms with E-state index in [1.807, 2.05) is 0 Å². The van der Waals surface area contributed by atoms with Gasteiger partial charge in [-0.25, -0.2) is 0 Å². The average Bonchev–Trinajstić information content (AvgIpc) is 2.28. The zero-order chi connectivity index (χ0) is 9.84. The molecule has 0 spiro atoms. The topological polar surface area (TPSA) is 15.3 Å². The van der Waals surface area contributed by atoms with Crippen LogP contribution in [0.15, 0.2) is 0 Å². The first kappa shape index (κ1) is 11.0. The maximum Gasteiger partial charge on any atom is 0.0110 e. The Balaban J connectivity index is 2.41. The molecule has 0 aliphatic carbocycles. The monoisotopic (exact) mass is 184 g/mol. The van der Waals surface area contributed by atoms with Crippen LogP contribution in [0.5, 0.6) is 0 Å². The standard InChI is InChI=1S/C11H24N2/c1-9(2)11(4)13-7-5-10(3)12-6-8-13/h9-12H,5-8H2,1-4H3. The summed E-state index contributed by atoms with van der Waals surface area (Å²) in [4.78, 5) is 2.61. The van der Waals surface area contributed by atoms with Crippen LogP contribution in [-0.2, 0) is 0 Å². The Morgan fingerprint density at radius 2 is 1.92 bits per heavy atom. The minimum Gasteiger partial charge on any atom is -0.313 e. The molecule has 2 atom stereocenters. The molecule has 2 unspecified atom stereocenters. The van der Waals surface area contributed by atoms with Gasteiger partial charge in [0, 0.05) is 25.2 Å². The average molecular weight is 184 g/mol. The highest BCUT2D eigenvalue weighted by Gasteiger charge is 2.19. The lowest BCUT2D eigenvalue weighted by atomic mass is 10.0. The lowest BCUT2D eigenvalue weighted by molar-refractivity contribution is 0.178. The molecular weight excluding hydrogens is 160 g/mol. The zero-order valence-electron chi connectivity index (χ0n) is 9.51. The molecule has 1 fully saturated rings. The highest BCUT2D eigenvalue weighted by Crippen LogP contribution is 2.12. The Kier molecular flexibility index (Phi) is 4.20. The molecule has 0 bridgehead atoms. The molecule has 1 rings (SSSR count). The van der Waals surface area contributed by atoms with Gasteiger partial charge in [-0.15, -0.1) is 0 Å². The van der Waals surface area contributed by atoms with E-state index in [2.05, 4.69) is 37.9 Å². The summed E-state index contributed by atoms with van der Waals surface area (Å²) in [5.41, 5.74) is 0. The van der Waals surface area contributed by atoms with Crippen LogP contribution in [-0.4, -0.2) is 36.6 Å². The third-order valence-corrected chi connectivity index (χ3v) is 3.28. The Morgan fingerprint density at radius 1 is 1.23 bits per heavy atom. The Hall–Kier alpha value is -0.0800. The van der Waals surface area contributed by atoms with Gasteiger partial charge in [-0.05, 0) is 32.7 Å². The molecule has 0 radical (unpaired) electrons. The molecule has 0 amide bonds. The number of nitrogens with zero attached hydrogens (tertiary/aromatic N) is 1. The molecule has 2 nitrogen and oxygen atoms in total. The van der Waals surface area contributed by atoms with Crippen molar-refractivity contribution in [2.24, 2.45) is 5.92 Å². The van der Waals surface area contributed by atoms with Gasteiger partial charge in [0.2, 0.25) is 0 Å². The summed E-state index contributed by atoms with van der Waals surface area (Å²) < 4.78 is 0. The van der Waals surface area contributed by atoms with E-state index in [0.29, 0.717) is 6.04 Å². The lowest BCUT2D eigenvalue weighted by Crippen LogP contribution is -2.38. The Morgan fingerprint density at radius 3 is 2.54 bits per heavy atom. The molecule has 1 N–H and O–H groups in total. The Bertz CT molecular complexity index is 145. The fourth-order valence-electron chi connectivity index (χ4n) is 1.86. The predicted octanol–water partition coefficient (Wildman–Crippen LogP) is 1.71. The second-order valence-corrected chi connectivity index (χ2v) is 4.66. The summed E-state index contributed by atoms with van der Waals surface area (Å²) in [7, 11) is 0. The van der Waals surface area contributed by atoms with Gasteiger partial charge in [-0.2, -0.15) is 0 Å². The third-order valence-electron chi connectivity index (χ3n) is 3.28. The first-order valence-electron chi connectivity index (χ1n) is 5.58. The number of hydrogen-bond acceptors (Lipinski definition) is 2. The van der Waals surface area contributed by atoms with Gasteiger partial charge in [0.25, 0.3) is 0 Å². The number of rotatable bonds is 2. The van der Waals surface area contributed by atoms with Crippen LogP contribution in [0.4, 0.5) is 0 Å². The summed E-state index contributed by atoms with van der Waals surface area (Å²) in [5.74, 6) is 0.772. The maximum atomic E-state index is 3.53. The molecule has 0 aromatic carbocycles. The van der Waals surface area contributed by atoms with Crippen molar-refractivity contribution in [3.05, 3.63) is 0 Å². The predicted molar refractivity (Wildman–Crippen MR) is 58.0 cm³/mol. The van der Waals surface area contributed by atoms with Crippen LogP contribution < -0.4 is 5.32 Å². The van der Waals surface area contributed by atoms with E-state index in [0.717, 1.165) is 18.5 Å². The summed E-state index contributed by atoms with van der Waals surface area (Å²) in [6.07, 6.45) is 1.29. The van der Waals surface area contributed by atoms with E-state index in [-0.39, 0.29) is 0 Å². The van der Waals surface area contributed by atoms with Crippen molar-refractivity contribution in [3.63, 3.8) is 0 Å². The first-order chi connectivity index (χ1) is 6.11. The van der Waals surface area contributed by atoms with Crippen molar-refractivity contribution in [1.82, 2.24) is 10.2 Å². The normalized spacial score (nSPS) is 28.8. The quantitative estimate of drug-likeness (QED) is 0.703. The van der Waals surface area contributed by atoms with Crippen molar-refractivity contribution in [1.29, 1.82) is 0 Å². The van der Waals surface area contributed by atoms with E-state index in [9.17, 15) is 0 Å². The summed E-state index contributed by atoms with van der Waals surface area (Å²) >= 11 is 0. The molecule has 1 heterocycles. The fourth-order valence-corrected chi connectivity index (χ4v) is 1.86. The second-order valence-electron chi connectivity index (χ2n) is 4.66. The number of nitrogens with one attached hydrogen (secondary N) is 1. The second kappa shape index (κ2) is 4.97. The molecule has 1 aliphatic heterocycles. The van der Waals surface area contributed by atoms with Crippen LogP contribution in [0.25, 0.3) is 0 Å². The molecule has 1 saturated heterocycles. The van der Waals surface area contributed by atoms with Crippen molar-refractivity contribution >= 4 is 0 Å². The molecule has 1 aliphatic rings. The van der Waals surface area contributed by atoms with Gasteiger partial charge >= 0.3 is 0 Å². The van der Waals surface area contributed by atoms with Gasteiger partial charge in [0.05, 0.1) is 0 Å². The van der Waals surface area contributed by atoms with Gasteiger partial charge in [-0.1, -0.05) is 13.8 Å². The highest BCUT2D eigenvalue weighted by molar-refractivity contribution is 4.77. The molecule has 13 heavy (non-hydrogen) atoms. The van der Waals surface area contributed by atoms with Crippen LogP contribution in [0.1, 0.15) is 34.1 Å². The molecule has 78 valence electrons. The van der Waals surface area contributed by atoms with E-state index >= 15 is 0 Å². The minimum atomic E-state index is 0.698. The van der Waals surface area contributed by atoms with Crippen molar-refractivity contribution in [3.8, 4) is 0 Å². The maximum absolute atomic E-state index is 3.53. The van der Waals surface area contributed by atoms with Gasteiger partial charge < -0.3 is 5.32 Å². The largest absolute Gasteiger partial charge is 0.313 e. The van der Waals surface area contributed by atoms with E-state index in [1.165, 1.54) is 19.5 Å². The third kappa shape index (κ3) is 3.28. The first-order valence-corrected chi connectivity index (χ1v) is 5.58. The van der Waals surface area contributed by atoms with E-state index in [1.54, 1.807) is 0 Å². The van der Waals surface area contributed by atoms with Crippen molar-refractivity contribution in [2.75, 3.05) is 19.6 Å². The van der Waals surface area contributed by atoms with Crippen molar-refractivity contribution in [2.45, 2.75) is 46.2 Å². The van der Waals surface area contributed by atoms with Gasteiger partial charge in [-0.3, -0.25) is 4.90 Å². The van der Waals surface area contributed by atoms with Gasteiger partial charge in [0.1, 0.15) is 0 Å². The summed E-state index contributed by atoms with van der Waals surface area (Å²) in [5, 5.41) is 3.53. The van der Waals surface area contributed by atoms with Crippen LogP contribution in [0.2, 0.25) is 0 Å². The SMILES string of the molecule is CC1CCN(C(C)C(C)C)CCN1. The smallest absolute Gasteiger partial charge is 0.0110 e. The van der Waals surface area contributed by atoms with Crippen LogP contribution in [0.3, 0.4) is 0 Å². The van der Waals surface area contributed by atoms with Crippen LogP contribution in [0, 0.1) is 5.92 Å². The molecular formula is C11H24N2. The van der Waals surface area contributed by atoms with E-state index < -0.39 is 0 Å². The number of hydrogen-bond donors (Lipinski definition) is 1.